The maximum absolute atomic E-state index is 12.1. The highest BCUT2D eigenvalue weighted by atomic mass is 32.2. The molecule has 2 rings (SSSR count). The smallest absolute Gasteiger partial charge is 0.260 e. The van der Waals surface area contributed by atoms with Crippen molar-refractivity contribution in [2.45, 2.75) is 24.9 Å². The van der Waals surface area contributed by atoms with E-state index in [1.54, 1.807) is 6.92 Å². The van der Waals surface area contributed by atoms with Crippen molar-refractivity contribution in [2.75, 3.05) is 19.8 Å². The molecule has 1 aliphatic heterocycles. The molecule has 7 nitrogen and oxygen atoms in total. The third-order valence-electron chi connectivity index (χ3n) is 3.08. The van der Waals surface area contributed by atoms with Gasteiger partial charge in [0.15, 0.2) is 5.03 Å². The lowest BCUT2D eigenvalue weighted by Crippen LogP contribution is -2.30. The molecule has 0 aromatic carbocycles. The molecule has 1 saturated heterocycles. The van der Waals surface area contributed by atoms with E-state index in [4.69, 9.17) is 10.5 Å². The average Bonchev–Trinajstić information content (AvgIpc) is 2.95. The number of hydrogen-bond donors (Lipinski definition) is 3. The zero-order chi connectivity index (χ0) is 13.2. The van der Waals surface area contributed by atoms with Gasteiger partial charge in [0.2, 0.25) is 0 Å². The second kappa shape index (κ2) is 5.35. The summed E-state index contributed by atoms with van der Waals surface area (Å²) in [7, 11) is -3.60. The normalized spacial score (nSPS) is 20.4. The first-order valence-electron chi connectivity index (χ1n) is 5.86. The Morgan fingerprint density at radius 3 is 3.00 bits per heavy atom. The molecule has 0 aliphatic carbocycles. The van der Waals surface area contributed by atoms with Crippen molar-refractivity contribution in [3.63, 3.8) is 0 Å². The van der Waals surface area contributed by atoms with E-state index < -0.39 is 10.0 Å². The third-order valence-corrected chi connectivity index (χ3v) is 4.47. The van der Waals surface area contributed by atoms with Gasteiger partial charge in [-0.2, -0.15) is 5.10 Å². The fourth-order valence-electron chi connectivity index (χ4n) is 1.93. The highest BCUT2D eigenvalue weighted by Crippen LogP contribution is 2.16. The van der Waals surface area contributed by atoms with Gasteiger partial charge in [-0.25, -0.2) is 13.1 Å². The van der Waals surface area contributed by atoms with Gasteiger partial charge in [-0.15, -0.1) is 0 Å². The molecule has 0 spiro atoms. The summed E-state index contributed by atoms with van der Waals surface area (Å²) in [5, 5.41) is 6.47. The van der Waals surface area contributed by atoms with E-state index in [1.165, 1.54) is 0 Å². The van der Waals surface area contributed by atoms with E-state index in [0.29, 0.717) is 31.0 Å². The number of hydrogen-bond acceptors (Lipinski definition) is 5. The zero-order valence-corrected chi connectivity index (χ0v) is 11.1. The van der Waals surface area contributed by atoms with Gasteiger partial charge in [0, 0.05) is 31.0 Å². The third kappa shape index (κ3) is 2.72. The van der Waals surface area contributed by atoms with Crippen LogP contribution in [0.5, 0.6) is 0 Å². The van der Waals surface area contributed by atoms with Gasteiger partial charge in [-0.05, 0) is 19.3 Å². The second-order valence-corrected chi connectivity index (χ2v) is 6.10. The molecule has 8 heteroatoms. The number of aromatic amines is 1. The van der Waals surface area contributed by atoms with Crippen LogP contribution in [0.3, 0.4) is 0 Å². The van der Waals surface area contributed by atoms with Gasteiger partial charge in [0.1, 0.15) is 0 Å². The molecule has 0 saturated carbocycles. The topological polar surface area (TPSA) is 110 Å². The molecule has 102 valence electrons. The largest absolute Gasteiger partial charge is 0.381 e. The Balaban J connectivity index is 2.09. The maximum Gasteiger partial charge on any atom is 0.260 e. The molecule has 4 N–H and O–H groups in total. The number of nitrogens with zero attached hydrogens (tertiary/aromatic N) is 1. The first-order chi connectivity index (χ1) is 8.54. The van der Waals surface area contributed by atoms with Crippen molar-refractivity contribution < 1.29 is 13.2 Å². The summed E-state index contributed by atoms with van der Waals surface area (Å²) in [6.07, 6.45) is 0.881. The molecule has 1 aromatic heterocycles. The van der Waals surface area contributed by atoms with Crippen LogP contribution in [0.2, 0.25) is 0 Å². The predicted molar refractivity (Wildman–Crippen MR) is 65.3 cm³/mol. The van der Waals surface area contributed by atoms with E-state index in [-0.39, 0.29) is 17.5 Å². The number of aromatic nitrogens is 2. The van der Waals surface area contributed by atoms with Crippen LogP contribution in [0.25, 0.3) is 0 Å². The van der Waals surface area contributed by atoms with Crippen molar-refractivity contribution >= 4 is 10.0 Å². The Bertz CT molecular complexity index is 505. The summed E-state index contributed by atoms with van der Waals surface area (Å²) in [6.45, 7) is 3.57. The molecule has 1 aliphatic rings. The number of aryl methyl sites for hydroxylation is 1. The summed E-state index contributed by atoms with van der Waals surface area (Å²) >= 11 is 0. The van der Waals surface area contributed by atoms with Gasteiger partial charge in [0.05, 0.1) is 6.61 Å². The monoisotopic (exact) mass is 274 g/mol. The van der Waals surface area contributed by atoms with Crippen LogP contribution in [0, 0.1) is 12.8 Å². The Morgan fingerprint density at radius 1 is 1.61 bits per heavy atom. The minimum absolute atomic E-state index is 0.00131. The summed E-state index contributed by atoms with van der Waals surface area (Å²) in [6, 6.07) is 0. The predicted octanol–water partition coefficient (Wildman–Crippen LogP) is -0.508. The number of ether oxygens (including phenoxy) is 1. The molecular formula is C10H18N4O3S. The number of nitrogens with two attached hydrogens (primary N) is 1. The van der Waals surface area contributed by atoms with Crippen molar-refractivity contribution in [3.8, 4) is 0 Å². The Hall–Kier alpha value is -0.960. The van der Waals surface area contributed by atoms with Gasteiger partial charge < -0.3 is 10.5 Å². The maximum atomic E-state index is 12.1. The Kier molecular flexibility index (Phi) is 4.00. The van der Waals surface area contributed by atoms with E-state index in [9.17, 15) is 8.42 Å². The molecule has 1 unspecified atom stereocenters. The molecule has 0 amide bonds. The summed E-state index contributed by atoms with van der Waals surface area (Å²) < 4.78 is 31.9. The van der Waals surface area contributed by atoms with Gasteiger partial charge in [-0.1, -0.05) is 0 Å². The lowest BCUT2D eigenvalue weighted by atomic mass is 10.1. The number of H-pyrrole nitrogens is 1. The zero-order valence-electron chi connectivity index (χ0n) is 10.3. The summed E-state index contributed by atoms with van der Waals surface area (Å²) in [5.74, 6) is 0.237. The van der Waals surface area contributed by atoms with Gasteiger partial charge in [-0.3, -0.25) is 5.10 Å². The second-order valence-electron chi connectivity index (χ2n) is 4.42. The highest BCUT2D eigenvalue weighted by molar-refractivity contribution is 7.89. The SMILES string of the molecule is Cc1[nH]nc(S(=O)(=O)NCC2CCOC2)c1CN. The molecule has 18 heavy (non-hydrogen) atoms. The molecular weight excluding hydrogens is 256 g/mol. The molecule has 0 bridgehead atoms. The van der Waals surface area contributed by atoms with Crippen LogP contribution < -0.4 is 10.5 Å². The fraction of sp³-hybridized carbons (Fsp3) is 0.700. The van der Waals surface area contributed by atoms with E-state index in [0.717, 1.165) is 6.42 Å². The van der Waals surface area contributed by atoms with Crippen LogP contribution in [-0.2, 0) is 21.3 Å². The summed E-state index contributed by atoms with van der Waals surface area (Å²) in [4.78, 5) is 0. The van der Waals surface area contributed by atoms with Crippen molar-refractivity contribution in [3.05, 3.63) is 11.3 Å². The van der Waals surface area contributed by atoms with Crippen LogP contribution in [-0.4, -0.2) is 38.4 Å². The van der Waals surface area contributed by atoms with Crippen LogP contribution in [0.15, 0.2) is 5.03 Å². The van der Waals surface area contributed by atoms with Gasteiger partial charge in [0.25, 0.3) is 10.0 Å². The van der Waals surface area contributed by atoms with Crippen molar-refractivity contribution in [1.29, 1.82) is 0 Å². The van der Waals surface area contributed by atoms with Gasteiger partial charge >= 0.3 is 0 Å². The van der Waals surface area contributed by atoms with Crippen molar-refractivity contribution in [1.82, 2.24) is 14.9 Å². The first-order valence-corrected chi connectivity index (χ1v) is 7.34. The Morgan fingerprint density at radius 2 is 2.39 bits per heavy atom. The average molecular weight is 274 g/mol. The molecule has 2 heterocycles. The molecule has 0 radical (unpaired) electrons. The highest BCUT2D eigenvalue weighted by Gasteiger charge is 2.25. The number of rotatable bonds is 5. The quantitative estimate of drug-likeness (QED) is 0.670. The lowest BCUT2D eigenvalue weighted by molar-refractivity contribution is 0.186. The van der Waals surface area contributed by atoms with Crippen LogP contribution >= 0.6 is 0 Å². The molecule has 1 aromatic rings. The van der Waals surface area contributed by atoms with Crippen molar-refractivity contribution in [2.24, 2.45) is 11.7 Å². The first kappa shape index (κ1) is 13.5. The molecule has 1 atom stereocenters. The summed E-state index contributed by atoms with van der Waals surface area (Å²) in [5.41, 5.74) is 6.75. The lowest BCUT2D eigenvalue weighted by Gasteiger charge is -2.09. The fourth-order valence-corrected chi connectivity index (χ4v) is 3.25. The minimum Gasteiger partial charge on any atom is -0.381 e. The van der Waals surface area contributed by atoms with Crippen LogP contribution in [0.4, 0.5) is 0 Å². The van der Waals surface area contributed by atoms with Crippen LogP contribution in [0.1, 0.15) is 17.7 Å². The van der Waals surface area contributed by atoms with E-state index in [1.807, 2.05) is 0 Å². The number of sulfonamides is 1. The molecule has 1 fully saturated rings. The standard InChI is InChI=1S/C10H18N4O3S/c1-7-9(4-11)10(14-13-7)18(15,16)12-5-8-2-3-17-6-8/h8,12H,2-6,11H2,1H3,(H,13,14). The minimum atomic E-state index is -3.60. The van der Waals surface area contributed by atoms with E-state index in [2.05, 4.69) is 14.9 Å². The van der Waals surface area contributed by atoms with E-state index >= 15 is 0 Å². The Labute approximate surface area is 106 Å². The number of nitrogens with one attached hydrogen (secondary N) is 2.